The van der Waals surface area contributed by atoms with Crippen molar-refractivity contribution >= 4 is 0 Å². The molecule has 0 bridgehead atoms. The van der Waals surface area contributed by atoms with Crippen LogP contribution in [-0.2, 0) is 12.8 Å². The lowest BCUT2D eigenvalue weighted by Crippen LogP contribution is -2.08. The number of fused-ring (bicyclic) bond motifs is 1. The van der Waals surface area contributed by atoms with Gasteiger partial charge in [0.2, 0.25) is 0 Å². The molecule has 0 N–H and O–H groups in total. The van der Waals surface area contributed by atoms with Gasteiger partial charge in [-0.05, 0) is 32.6 Å². The first-order chi connectivity index (χ1) is 7.00. The average Bonchev–Trinajstić information content (AvgIpc) is 2.59. The Hall–Kier alpha value is -0.930. The molecule has 2 rings (SSSR count). The van der Waals surface area contributed by atoms with Crippen molar-refractivity contribution < 1.29 is 8.78 Å². The monoisotopic (exact) mass is 214 g/mol. The van der Waals surface area contributed by atoms with Crippen molar-refractivity contribution in [1.82, 2.24) is 9.78 Å². The van der Waals surface area contributed by atoms with Crippen molar-refractivity contribution in [1.29, 1.82) is 0 Å². The Morgan fingerprint density at radius 1 is 1.33 bits per heavy atom. The zero-order chi connectivity index (χ0) is 11.2. The summed E-state index contributed by atoms with van der Waals surface area (Å²) in [6.45, 7) is 6.05. The summed E-state index contributed by atoms with van der Waals surface area (Å²) in [6, 6.07) is 0.163. The fraction of sp³-hybridized carbons (Fsp3) is 0.727. The highest BCUT2D eigenvalue weighted by molar-refractivity contribution is 5.32. The predicted octanol–water partition coefficient (Wildman–Crippen LogP) is 3.14. The molecule has 1 unspecified atom stereocenters. The summed E-state index contributed by atoms with van der Waals surface area (Å²) in [5.41, 5.74) is 1.82. The van der Waals surface area contributed by atoms with E-state index in [9.17, 15) is 8.78 Å². The maximum atomic E-state index is 12.8. The van der Waals surface area contributed by atoms with E-state index in [1.165, 1.54) is 0 Å². The van der Waals surface area contributed by atoms with E-state index in [2.05, 4.69) is 12.0 Å². The molecule has 1 aromatic heterocycles. The molecule has 0 saturated heterocycles. The molecule has 1 aromatic rings. The Morgan fingerprint density at radius 2 is 2.00 bits per heavy atom. The average molecular weight is 214 g/mol. The normalized spacial score (nSPS) is 20.3. The summed E-state index contributed by atoms with van der Waals surface area (Å²) in [7, 11) is 0. The molecule has 0 fully saturated rings. The fourth-order valence-electron chi connectivity index (χ4n) is 2.32. The van der Waals surface area contributed by atoms with Crippen LogP contribution < -0.4 is 0 Å². The Bertz CT molecular complexity index is 336. The van der Waals surface area contributed by atoms with E-state index in [1.807, 2.05) is 13.8 Å². The second-order valence-electron chi connectivity index (χ2n) is 4.66. The van der Waals surface area contributed by atoms with E-state index in [4.69, 9.17) is 0 Å². The molecule has 84 valence electrons. The summed E-state index contributed by atoms with van der Waals surface area (Å²) in [5.74, 6) is 0.473. The van der Waals surface area contributed by atoms with Gasteiger partial charge in [-0.15, -0.1) is 0 Å². The predicted molar refractivity (Wildman–Crippen MR) is 54.1 cm³/mol. The highest BCUT2D eigenvalue weighted by Crippen LogP contribution is 2.34. The first-order valence-electron chi connectivity index (χ1n) is 5.39. The van der Waals surface area contributed by atoms with Gasteiger partial charge in [0.15, 0.2) is 0 Å². The molecule has 0 radical (unpaired) electrons. The summed E-state index contributed by atoms with van der Waals surface area (Å²) in [5, 5.41) is 4.03. The van der Waals surface area contributed by atoms with Crippen LogP contribution in [0.25, 0.3) is 0 Å². The van der Waals surface area contributed by atoms with Crippen LogP contribution in [0.15, 0.2) is 0 Å². The Morgan fingerprint density at radius 3 is 2.53 bits per heavy atom. The largest absolute Gasteiger partial charge is 0.282 e. The summed E-state index contributed by atoms with van der Waals surface area (Å²) in [4.78, 5) is 0. The number of aromatic nitrogens is 2. The van der Waals surface area contributed by atoms with Crippen molar-refractivity contribution in [3.63, 3.8) is 0 Å². The third-order valence-corrected chi connectivity index (χ3v) is 2.94. The quantitative estimate of drug-likeness (QED) is 0.739. The molecule has 1 aliphatic carbocycles. The Kier molecular flexibility index (Phi) is 2.52. The molecule has 1 atom stereocenters. The molecule has 1 heterocycles. The van der Waals surface area contributed by atoms with Gasteiger partial charge in [0, 0.05) is 17.3 Å². The van der Waals surface area contributed by atoms with Gasteiger partial charge < -0.3 is 0 Å². The summed E-state index contributed by atoms with van der Waals surface area (Å²) < 4.78 is 27.3. The number of hydrogen-bond donors (Lipinski definition) is 0. The molecule has 0 aliphatic heterocycles. The number of halogens is 2. The van der Waals surface area contributed by atoms with Crippen LogP contribution in [0.1, 0.15) is 50.2 Å². The summed E-state index contributed by atoms with van der Waals surface area (Å²) >= 11 is 0. The van der Waals surface area contributed by atoms with E-state index >= 15 is 0 Å². The lowest BCUT2D eigenvalue weighted by Gasteiger charge is -2.09. The van der Waals surface area contributed by atoms with Crippen molar-refractivity contribution in [3.05, 3.63) is 17.0 Å². The Balaban J connectivity index is 2.48. The topological polar surface area (TPSA) is 17.8 Å². The van der Waals surface area contributed by atoms with Gasteiger partial charge in [-0.2, -0.15) is 5.10 Å². The number of hydrogen-bond acceptors (Lipinski definition) is 1. The fourth-order valence-corrected chi connectivity index (χ4v) is 2.32. The summed E-state index contributed by atoms with van der Waals surface area (Å²) in [6.07, 6.45) is -0.807. The van der Waals surface area contributed by atoms with Crippen LogP contribution in [0, 0.1) is 5.92 Å². The van der Waals surface area contributed by atoms with Crippen LogP contribution in [0.5, 0.6) is 0 Å². The molecule has 15 heavy (non-hydrogen) atoms. The number of alkyl halides is 2. The molecule has 1 aliphatic rings. The highest BCUT2D eigenvalue weighted by Gasteiger charge is 2.30. The minimum Gasteiger partial charge on any atom is -0.266 e. The molecule has 0 saturated carbocycles. The zero-order valence-corrected chi connectivity index (χ0v) is 9.30. The van der Waals surface area contributed by atoms with E-state index in [1.54, 1.807) is 4.68 Å². The minimum absolute atomic E-state index is 0.00282. The molecular formula is C11H16F2N2. The second kappa shape index (κ2) is 3.58. The van der Waals surface area contributed by atoms with Crippen LogP contribution in [-0.4, -0.2) is 9.78 Å². The van der Waals surface area contributed by atoms with Gasteiger partial charge in [-0.25, -0.2) is 8.78 Å². The van der Waals surface area contributed by atoms with Gasteiger partial charge in [0.1, 0.15) is 5.69 Å². The highest BCUT2D eigenvalue weighted by atomic mass is 19.3. The van der Waals surface area contributed by atoms with E-state index in [0.717, 1.165) is 24.1 Å². The van der Waals surface area contributed by atoms with Gasteiger partial charge in [-0.1, -0.05) is 6.92 Å². The van der Waals surface area contributed by atoms with Gasteiger partial charge in [0.05, 0.1) is 0 Å². The zero-order valence-electron chi connectivity index (χ0n) is 9.30. The molecule has 0 amide bonds. The van der Waals surface area contributed by atoms with Crippen LogP contribution >= 0.6 is 0 Å². The molecule has 2 nitrogen and oxygen atoms in total. The maximum absolute atomic E-state index is 12.8. The van der Waals surface area contributed by atoms with Crippen molar-refractivity contribution in [2.24, 2.45) is 5.92 Å². The Labute approximate surface area is 88.3 Å². The number of rotatable bonds is 2. The standard InChI is InChI=1S/C11H16F2N2/c1-6(2)15-9-5-7(3)4-8(9)10(14-15)11(12)13/h6-7,11H,4-5H2,1-3H3. The van der Waals surface area contributed by atoms with Crippen LogP contribution in [0.4, 0.5) is 8.78 Å². The van der Waals surface area contributed by atoms with Crippen molar-refractivity contribution in [2.45, 2.75) is 46.1 Å². The van der Waals surface area contributed by atoms with E-state index in [-0.39, 0.29) is 11.7 Å². The van der Waals surface area contributed by atoms with Gasteiger partial charge in [-0.3, -0.25) is 4.68 Å². The number of nitrogens with zero attached hydrogens (tertiary/aromatic N) is 2. The molecule has 0 aromatic carbocycles. The lowest BCUT2D eigenvalue weighted by atomic mass is 10.1. The molecular weight excluding hydrogens is 198 g/mol. The van der Waals surface area contributed by atoms with Gasteiger partial charge >= 0.3 is 0 Å². The van der Waals surface area contributed by atoms with Crippen molar-refractivity contribution in [2.75, 3.05) is 0 Å². The lowest BCUT2D eigenvalue weighted by molar-refractivity contribution is 0.143. The van der Waals surface area contributed by atoms with Crippen LogP contribution in [0.3, 0.4) is 0 Å². The van der Waals surface area contributed by atoms with E-state index in [0.29, 0.717) is 5.92 Å². The molecule has 0 spiro atoms. The first-order valence-corrected chi connectivity index (χ1v) is 5.39. The third-order valence-electron chi connectivity index (χ3n) is 2.94. The molecule has 4 heteroatoms. The third kappa shape index (κ3) is 1.66. The van der Waals surface area contributed by atoms with E-state index < -0.39 is 6.43 Å². The maximum Gasteiger partial charge on any atom is 0.282 e. The minimum atomic E-state index is -2.44. The van der Waals surface area contributed by atoms with Crippen molar-refractivity contribution in [3.8, 4) is 0 Å². The first kappa shape index (κ1) is 10.6. The van der Waals surface area contributed by atoms with Crippen LogP contribution in [0.2, 0.25) is 0 Å². The van der Waals surface area contributed by atoms with Gasteiger partial charge in [0.25, 0.3) is 6.43 Å². The second-order valence-corrected chi connectivity index (χ2v) is 4.66. The SMILES string of the molecule is CC1Cc2c(C(F)F)nn(C(C)C)c2C1. The smallest absolute Gasteiger partial charge is 0.266 e.